The number of carbonyl (C=O) groups is 1. The van der Waals surface area contributed by atoms with Gasteiger partial charge in [0.1, 0.15) is 0 Å². The Morgan fingerprint density at radius 1 is 1.28 bits per heavy atom. The molecule has 1 aliphatic heterocycles. The minimum absolute atomic E-state index is 0.0499. The van der Waals surface area contributed by atoms with Crippen LogP contribution in [0, 0.1) is 5.21 Å². The van der Waals surface area contributed by atoms with E-state index in [-0.39, 0.29) is 17.3 Å². The first-order valence-electron chi connectivity index (χ1n) is 9.14. The lowest BCUT2D eigenvalue weighted by molar-refractivity contribution is -0.991. The Kier molecular flexibility index (Phi) is 6.39. The van der Waals surface area contributed by atoms with Crippen LogP contribution in [0.25, 0.3) is 17.3 Å². The fourth-order valence-electron chi connectivity index (χ4n) is 2.78. The molecule has 12 heteroatoms. The van der Waals surface area contributed by atoms with Gasteiger partial charge in [-0.1, -0.05) is 12.1 Å². The number of hydrogen-bond acceptors (Lipinski definition) is 10. The third kappa shape index (κ3) is 4.74. The minimum atomic E-state index is -0.987. The van der Waals surface area contributed by atoms with Crippen LogP contribution in [0.3, 0.4) is 0 Å². The molecule has 0 saturated carbocycles. The first-order chi connectivity index (χ1) is 15.4. The van der Waals surface area contributed by atoms with Gasteiger partial charge in [-0.3, -0.25) is 15.5 Å². The van der Waals surface area contributed by atoms with Gasteiger partial charge in [-0.25, -0.2) is 10.2 Å². The Hall–Kier alpha value is -3.42. The highest BCUT2D eigenvalue weighted by atomic mass is 32.2. The molecule has 1 saturated heterocycles. The molecule has 5 N–H and O–H groups in total. The lowest BCUT2D eigenvalue weighted by Gasteiger charge is -2.11. The Balaban J connectivity index is 1.44. The third-order valence-corrected chi connectivity index (χ3v) is 6.03. The van der Waals surface area contributed by atoms with Gasteiger partial charge in [0, 0.05) is 28.6 Å². The molecular formula is C20H17N5O5S2. The molecule has 1 fully saturated rings. The number of thioether (sulfide) groups is 1. The average Bonchev–Trinajstić information content (AvgIpc) is 3.40. The summed E-state index contributed by atoms with van der Waals surface area (Å²) in [4.78, 5) is 17.0. The maximum atomic E-state index is 12.3. The summed E-state index contributed by atoms with van der Waals surface area (Å²) >= 11 is 2.44. The van der Waals surface area contributed by atoms with E-state index in [0.29, 0.717) is 32.2 Å². The molecule has 1 aliphatic rings. The summed E-state index contributed by atoms with van der Waals surface area (Å²) < 4.78 is 5.08. The smallest absolute Gasteiger partial charge is 0.264 e. The number of methoxy groups -OCH3 is 1. The zero-order valence-electron chi connectivity index (χ0n) is 16.5. The van der Waals surface area contributed by atoms with Gasteiger partial charge in [-0.15, -0.1) is 16.4 Å². The summed E-state index contributed by atoms with van der Waals surface area (Å²) in [6.07, 6.45) is 1.56. The van der Waals surface area contributed by atoms with E-state index in [4.69, 9.17) is 9.94 Å². The van der Waals surface area contributed by atoms with Gasteiger partial charge >= 0.3 is 0 Å². The van der Waals surface area contributed by atoms with Crippen LogP contribution < -0.4 is 20.7 Å². The van der Waals surface area contributed by atoms with Crippen molar-refractivity contribution in [2.24, 2.45) is 5.10 Å². The molecule has 0 spiro atoms. The molecular weight excluding hydrogens is 454 g/mol. The number of rotatable bonds is 6. The van der Waals surface area contributed by atoms with E-state index in [2.05, 4.69) is 20.8 Å². The summed E-state index contributed by atoms with van der Waals surface area (Å²) in [5, 5.41) is 38.7. The average molecular weight is 472 g/mol. The highest BCUT2D eigenvalue weighted by molar-refractivity contribution is 8.18. The maximum absolute atomic E-state index is 12.3. The molecule has 164 valence electrons. The van der Waals surface area contributed by atoms with E-state index in [0.717, 1.165) is 17.3 Å². The van der Waals surface area contributed by atoms with Crippen molar-refractivity contribution < 1.29 is 25.1 Å². The van der Waals surface area contributed by atoms with Gasteiger partial charge in [-0.05, 0) is 36.0 Å². The van der Waals surface area contributed by atoms with Crippen LogP contribution in [-0.2, 0) is 4.79 Å². The number of quaternary nitrogens is 1. The Labute approximate surface area is 190 Å². The minimum Gasteiger partial charge on any atom is -0.595 e. The Bertz CT molecular complexity index is 1210. The van der Waals surface area contributed by atoms with Crippen LogP contribution in [0.1, 0.15) is 5.56 Å². The number of hydrazone groups is 1. The van der Waals surface area contributed by atoms with Crippen molar-refractivity contribution >= 4 is 51.1 Å². The van der Waals surface area contributed by atoms with Crippen molar-refractivity contribution in [1.29, 1.82) is 0 Å². The fourth-order valence-corrected chi connectivity index (χ4v) is 4.22. The van der Waals surface area contributed by atoms with E-state index in [9.17, 15) is 15.1 Å². The SMILES string of the molecule is COc1cccc(/C=C2\S/C(=N\Nc3nc(-c4ccc([NH+]([O-])O)cc4)cs3)NC2=O)c1O. The number of aromatic hydroxyl groups is 1. The summed E-state index contributed by atoms with van der Waals surface area (Å²) in [6, 6.07) is 11.4. The summed E-state index contributed by atoms with van der Waals surface area (Å²) in [6.45, 7) is 0. The van der Waals surface area contributed by atoms with Gasteiger partial charge in [0.05, 0.1) is 17.7 Å². The Morgan fingerprint density at radius 2 is 2.06 bits per heavy atom. The molecule has 1 atom stereocenters. The predicted octanol–water partition coefficient (Wildman–Crippen LogP) is 2.51. The number of amidine groups is 1. The second-order valence-electron chi connectivity index (χ2n) is 6.41. The zero-order chi connectivity index (χ0) is 22.7. The van der Waals surface area contributed by atoms with Crippen LogP contribution in [0.5, 0.6) is 11.5 Å². The predicted molar refractivity (Wildman–Crippen MR) is 123 cm³/mol. The number of aromatic nitrogens is 1. The van der Waals surface area contributed by atoms with Crippen LogP contribution in [0.15, 0.2) is 57.9 Å². The molecule has 10 nitrogen and oxygen atoms in total. The zero-order valence-corrected chi connectivity index (χ0v) is 18.2. The van der Waals surface area contributed by atoms with Crippen molar-refractivity contribution in [3.05, 3.63) is 63.5 Å². The molecule has 3 aromatic rings. The molecule has 0 aliphatic carbocycles. The first kappa shape index (κ1) is 21.8. The molecule has 32 heavy (non-hydrogen) atoms. The number of phenolic OH excluding ortho intramolecular Hbond substituents is 1. The van der Waals surface area contributed by atoms with E-state index < -0.39 is 5.23 Å². The normalized spacial score (nSPS) is 16.9. The number of benzene rings is 2. The molecule has 1 aromatic heterocycles. The van der Waals surface area contributed by atoms with Crippen LogP contribution >= 0.6 is 23.1 Å². The summed E-state index contributed by atoms with van der Waals surface area (Å²) in [5.41, 5.74) is 4.92. The number of amides is 1. The molecule has 4 rings (SSSR count). The van der Waals surface area contributed by atoms with E-state index in [1.807, 2.05) is 5.38 Å². The number of nitrogens with one attached hydrogen (secondary N) is 3. The van der Waals surface area contributed by atoms with Gasteiger partial charge in [0.15, 0.2) is 22.4 Å². The van der Waals surface area contributed by atoms with Crippen LogP contribution in [0.2, 0.25) is 0 Å². The first-order valence-corrected chi connectivity index (χ1v) is 10.8. The largest absolute Gasteiger partial charge is 0.595 e. The van der Waals surface area contributed by atoms with Crippen molar-refractivity contribution in [2.75, 3.05) is 12.5 Å². The van der Waals surface area contributed by atoms with Crippen molar-refractivity contribution in [2.45, 2.75) is 0 Å². The number of hydrogen-bond donors (Lipinski definition) is 5. The Morgan fingerprint density at radius 3 is 2.78 bits per heavy atom. The van der Waals surface area contributed by atoms with E-state index >= 15 is 0 Å². The standard InChI is InChI=1S/C20H17N5O5S2/c1-30-15-4-2-3-12(17(15)26)9-16-18(27)22-20(32-16)24-23-19-21-14(10-31-19)11-5-7-13(8-6-11)25(28)29/h2-10,25-26,28H,1H3,(H,21,23)(H,22,24,27)/b16-9-. The number of nitrogens with zero attached hydrogens (tertiary/aromatic N) is 2. The van der Waals surface area contributed by atoms with Gasteiger partial charge in [0.25, 0.3) is 5.91 Å². The topological polar surface area (TPSA) is 144 Å². The van der Waals surface area contributed by atoms with Crippen molar-refractivity contribution in [1.82, 2.24) is 10.3 Å². The highest BCUT2D eigenvalue weighted by Gasteiger charge is 2.24. The number of thiazole rings is 1. The monoisotopic (exact) mass is 471 g/mol. The fraction of sp³-hybridized carbons (Fsp3) is 0.0500. The molecule has 2 heterocycles. The molecule has 1 unspecified atom stereocenters. The number of phenols is 1. The number of para-hydroxylation sites is 1. The van der Waals surface area contributed by atoms with Crippen molar-refractivity contribution in [3.63, 3.8) is 0 Å². The molecule has 0 radical (unpaired) electrons. The molecule has 0 bridgehead atoms. The number of ether oxygens (including phenoxy) is 1. The van der Waals surface area contributed by atoms with Gasteiger partial charge < -0.3 is 15.1 Å². The summed E-state index contributed by atoms with van der Waals surface area (Å²) in [7, 11) is 1.45. The molecule has 1 amide bonds. The molecule has 2 aromatic carbocycles. The number of carbonyl (C=O) groups excluding carboxylic acids is 1. The van der Waals surface area contributed by atoms with E-state index in [1.54, 1.807) is 36.4 Å². The summed E-state index contributed by atoms with van der Waals surface area (Å²) in [5.74, 6) is -0.0716. The van der Waals surface area contributed by atoms with Gasteiger partial charge in [0.2, 0.25) is 5.13 Å². The highest BCUT2D eigenvalue weighted by Crippen LogP contribution is 2.34. The van der Waals surface area contributed by atoms with Crippen molar-refractivity contribution in [3.8, 4) is 22.8 Å². The lowest BCUT2D eigenvalue weighted by atomic mass is 10.1. The second kappa shape index (κ2) is 9.38. The third-order valence-electron chi connectivity index (χ3n) is 4.37. The van der Waals surface area contributed by atoms with Crippen LogP contribution in [0.4, 0.5) is 10.8 Å². The van der Waals surface area contributed by atoms with Gasteiger partial charge in [-0.2, -0.15) is 5.23 Å². The quantitative estimate of drug-likeness (QED) is 0.273. The maximum Gasteiger partial charge on any atom is 0.264 e. The number of anilines is 1. The lowest BCUT2D eigenvalue weighted by Crippen LogP contribution is -2.99. The van der Waals surface area contributed by atoms with Crippen LogP contribution in [-0.4, -0.2) is 33.5 Å². The van der Waals surface area contributed by atoms with E-state index in [1.165, 1.54) is 30.6 Å². The second-order valence-corrected chi connectivity index (χ2v) is 8.30.